The first-order valence-electron chi connectivity index (χ1n) is 6.49. The number of halogens is 3. The molecule has 0 bridgehead atoms. The van der Waals surface area contributed by atoms with E-state index in [1.807, 2.05) is 0 Å². The van der Waals surface area contributed by atoms with Crippen molar-refractivity contribution in [2.75, 3.05) is 13.7 Å². The number of alkyl halides is 3. The number of hydrogen-bond acceptors (Lipinski definition) is 5. The second-order valence-corrected chi connectivity index (χ2v) is 4.92. The number of hydrogen-bond donors (Lipinski definition) is 2. The molecule has 7 nitrogen and oxygen atoms in total. The molecular formula is C12H15F3N2O5. The first-order chi connectivity index (χ1) is 10.2. The van der Waals surface area contributed by atoms with Gasteiger partial charge >= 0.3 is 11.9 Å². The minimum absolute atomic E-state index is 0.0579. The quantitative estimate of drug-likeness (QED) is 0.827. The maximum absolute atomic E-state index is 12.7. The summed E-state index contributed by atoms with van der Waals surface area (Å²) in [6, 6.07) is 0. The lowest BCUT2D eigenvalue weighted by molar-refractivity contribution is -0.139. The number of aromatic nitrogens is 2. The second kappa shape index (κ2) is 6.23. The Morgan fingerprint density at radius 2 is 2.18 bits per heavy atom. The predicted octanol–water partition coefficient (Wildman–Crippen LogP) is 0.240. The Morgan fingerprint density at radius 3 is 2.77 bits per heavy atom. The third kappa shape index (κ3) is 3.39. The van der Waals surface area contributed by atoms with Crippen molar-refractivity contribution in [1.29, 1.82) is 0 Å². The fourth-order valence-corrected chi connectivity index (χ4v) is 2.28. The Labute approximate surface area is 122 Å². The van der Waals surface area contributed by atoms with Crippen LogP contribution in [0.1, 0.15) is 24.6 Å². The molecule has 0 aromatic carbocycles. The summed E-state index contributed by atoms with van der Waals surface area (Å²) in [5.41, 5.74) is -4.03. The van der Waals surface area contributed by atoms with Crippen molar-refractivity contribution in [3.63, 3.8) is 0 Å². The van der Waals surface area contributed by atoms with Crippen LogP contribution in [0.15, 0.2) is 15.8 Å². The standard InChI is InChI=1S/C12H15F3N2O5/c1-21-3-2-8-7(18)4-9(22-8)17-5-6(12(13,14)15)10(19)16-11(17)20/h5,7-9,18H,2-4H2,1H3,(H,16,19,20)/t7-,8+,9+/m0/s1. The van der Waals surface area contributed by atoms with Gasteiger partial charge in [0.05, 0.1) is 12.2 Å². The Balaban J connectivity index is 2.30. The molecule has 1 aromatic heterocycles. The molecule has 1 aliphatic heterocycles. The summed E-state index contributed by atoms with van der Waals surface area (Å²) in [6.07, 6.45) is -6.88. The molecule has 0 amide bonds. The van der Waals surface area contributed by atoms with E-state index in [2.05, 4.69) is 0 Å². The van der Waals surface area contributed by atoms with Gasteiger partial charge in [0, 0.05) is 26.3 Å². The van der Waals surface area contributed by atoms with Crippen molar-refractivity contribution in [1.82, 2.24) is 9.55 Å². The number of H-pyrrole nitrogens is 1. The number of aliphatic hydroxyl groups is 1. The normalized spacial score (nSPS) is 25.6. The zero-order valence-corrected chi connectivity index (χ0v) is 11.6. The third-order valence-electron chi connectivity index (χ3n) is 3.39. The van der Waals surface area contributed by atoms with E-state index in [1.165, 1.54) is 7.11 Å². The van der Waals surface area contributed by atoms with Crippen LogP contribution in [0.5, 0.6) is 0 Å². The molecule has 1 aromatic rings. The van der Waals surface area contributed by atoms with Gasteiger partial charge in [0.2, 0.25) is 0 Å². The smallest absolute Gasteiger partial charge is 0.390 e. The Kier molecular flexibility index (Phi) is 4.73. The van der Waals surface area contributed by atoms with Crippen molar-refractivity contribution < 1.29 is 27.8 Å². The fourth-order valence-electron chi connectivity index (χ4n) is 2.28. The van der Waals surface area contributed by atoms with Crippen LogP contribution in [-0.4, -0.2) is 40.6 Å². The summed E-state index contributed by atoms with van der Waals surface area (Å²) in [4.78, 5) is 24.5. The van der Waals surface area contributed by atoms with Gasteiger partial charge in [-0.25, -0.2) is 4.79 Å². The molecule has 0 saturated carbocycles. The molecule has 0 aliphatic carbocycles. The minimum atomic E-state index is -4.89. The van der Waals surface area contributed by atoms with Crippen molar-refractivity contribution >= 4 is 0 Å². The van der Waals surface area contributed by atoms with Gasteiger partial charge in [0.15, 0.2) is 0 Å². The fraction of sp³-hybridized carbons (Fsp3) is 0.667. The number of rotatable bonds is 4. The Morgan fingerprint density at radius 1 is 1.50 bits per heavy atom. The molecule has 1 fully saturated rings. The van der Waals surface area contributed by atoms with Gasteiger partial charge in [-0.2, -0.15) is 13.2 Å². The second-order valence-electron chi connectivity index (χ2n) is 4.92. The van der Waals surface area contributed by atoms with E-state index in [1.54, 1.807) is 4.98 Å². The average molecular weight is 324 g/mol. The highest BCUT2D eigenvalue weighted by Gasteiger charge is 2.38. The van der Waals surface area contributed by atoms with E-state index in [-0.39, 0.29) is 6.42 Å². The number of nitrogens with one attached hydrogen (secondary N) is 1. The van der Waals surface area contributed by atoms with Crippen LogP contribution in [0, 0.1) is 0 Å². The SMILES string of the molecule is COCC[C@H]1O[C@@H](n2cc(C(F)(F)F)c(=O)[nH]c2=O)C[C@@H]1O. The molecule has 0 radical (unpaired) electrons. The molecule has 10 heteroatoms. The van der Waals surface area contributed by atoms with E-state index >= 15 is 0 Å². The molecule has 1 aliphatic rings. The molecule has 2 N–H and O–H groups in total. The summed E-state index contributed by atoms with van der Waals surface area (Å²) in [6.45, 7) is 0.294. The number of ether oxygens (including phenoxy) is 2. The van der Waals surface area contributed by atoms with Gasteiger partial charge in [-0.3, -0.25) is 14.3 Å². The van der Waals surface area contributed by atoms with Crippen molar-refractivity contribution in [2.24, 2.45) is 0 Å². The zero-order valence-electron chi connectivity index (χ0n) is 11.6. The molecule has 2 heterocycles. The maximum Gasteiger partial charge on any atom is 0.423 e. The first kappa shape index (κ1) is 16.7. The predicted molar refractivity (Wildman–Crippen MR) is 67.4 cm³/mol. The van der Waals surface area contributed by atoms with Crippen LogP contribution in [0.3, 0.4) is 0 Å². The van der Waals surface area contributed by atoms with E-state index in [9.17, 15) is 27.9 Å². The monoisotopic (exact) mass is 324 g/mol. The highest BCUT2D eigenvalue weighted by Crippen LogP contribution is 2.31. The summed E-state index contributed by atoms with van der Waals surface area (Å²) in [5.74, 6) is 0. The molecule has 0 spiro atoms. The van der Waals surface area contributed by atoms with Gasteiger partial charge < -0.3 is 14.6 Å². The van der Waals surface area contributed by atoms with E-state index in [4.69, 9.17) is 9.47 Å². The number of nitrogens with zero attached hydrogens (tertiary/aromatic N) is 1. The molecule has 124 valence electrons. The minimum Gasteiger partial charge on any atom is -0.390 e. The van der Waals surface area contributed by atoms with Crippen molar-refractivity contribution in [2.45, 2.75) is 37.5 Å². The highest BCUT2D eigenvalue weighted by atomic mass is 19.4. The average Bonchev–Trinajstić information content (AvgIpc) is 2.76. The zero-order chi connectivity index (χ0) is 16.5. The van der Waals surface area contributed by atoms with E-state index < -0.39 is 41.4 Å². The summed E-state index contributed by atoms with van der Waals surface area (Å²) in [7, 11) is 1.46. The Hall–Kier alpha value is -1.65. The lowest BCUT2D eigenvalue weighted by atomic mass is 10.1. The van der Waals surface area contributed by atoms with Crippen LogP contribution < -0.4 is 11.2 Å². The van der Waals surface area contributed by atoms with Crippen LogP contribution in [-0.2, 0) is 15.7 Å². The third-order valence-corrected chi connectivity index (χ3v) is 3.39. The number of aliphatic hydroxyl groups excluding tert-OH is 1. The highest BCUT2D eigenvalue weighted by molar-refractivity contribution is 5.09. The van der Waals surface area contributed by atoms with Crippen LogP contribution in [0.4, 0.5) is 13.2 Å². The number of aromatic amines is 1. The van der Waals surface area contributed by atoms with Crippen molar-refractivity contribution in [3.8, 4) is 0 Å². The lowest BCUT2D eigenvalue weighted by Crippen LogP contribution is -2.36. The van der Waals surface area contributed by atoms with Gasteiger partial charge in [0.25, 0.3) is 5.56 Å². The largest absolute Gasteiger partial charge is 0.423 e. The molecule has 3 atom stereocenters. The summed E-state index contributed by atoms with van der Waals surface area (Å²) >= 11 is 0. The van der Waals surface area contributed by atoms with Gasteiger partial charge in [-0.05, 0) is 6.42 Å². The van der Waals surface area contributed by atoms with Gasteiger partial charge in [-0.15, -0.1) is 0 Å². The van der Waals surface area contributed by atoms with E-state index in [0.717, 1.165) is 0 Å². The Bertz CT molecular complexity index is 639. The van der Waals surface area contributed by atoms with Crippen molar-refractivity contribution in [3.05, 3.63) is 32.6 Å². The number of methoxy groups -OCH3 is 1. The lowest BCUT2D eigenvalue weighted by Gasteiger charge is -2.16. The van der Waals surface area contributed by atoms with E-state index in [0.29, 0.717) is 23.8 Å². The van der Waals surface area contributed by atoms with Crippen LogP contribution >= 0.6 is 0 Å². The maximum atomic E-state index is 12.7. The van der Waals surface area contributed by atoms with Crippen LogP contribution in [0.2, 0.25) is 0 Å². The van der Waals surface area contributed by atoms with Crippen LogP contribution in [0.25, 0.3) is 0 Å². The summed E-state index contributed by atoms with van der Waals surface area (Å²) in [5, 5.41) is 9.83. The van der Waals surface area contributed by atoms with Gasteiger partial charge in [0.1, 0.15) is 11.8 Å². The summed E-state index contributed by atoms with van der Waals surface area (Å²) < 4.78 is 49.0. The molecule has 0 unspecified atom stereocenters. The molecule has 1 saturated heterocycles. The molecule has 22 heavy (non-hydrogen) atoms. The molecule has 2 rings (SSSR count). The first-order valence-corrected chi connectivity index (χ1v) is 6.49. The topological polar surface area (TPSA) is 93.5 Å². The molecular weight excluding hydrogens is 309 g/mol. The van der Waals surface area contributed by atoms with Gasteiger partial charge in [-0.1, -0.05) is 0 Å².